The van der Waals surface area contributed by atoms with Gasteiger partial charge in [0.15, 0.2) is 5.78 Å². The lowest BCUT2D eigenvalue weighted by Gasteiger charge is -2.11. The highest BCUT2D eigenvalue weighted by atomic mass is 35.5. The van der Waals surface area contributed by atoms with Crippen LogP contribution >= 0.6 is 23.4 Å². The van der Waals surface area contributed by atoms with Crippen molar-refractivity contribution in [3.05, 3.63) is 95.1 Å². The van der Waals surface area contributed by atoms with Crippen LogP contribution in [0.3, 0.4) is 0 Å². The van der Waals surface area contributed by atoms with Crippen LogP contribution in [0.2, 0.25) is 5.02 Å². The molecular formula is C27H23ClN2O2S. The van der Waals surface area contributed by atoms with Crippen LogP contribution < -0.4 is 4.74 Å². The van der Waals surface area contributed by atoms with Gasteiger partial charge in [0, 0.05) is 16.7 Å². The summed E-state index contributed by atoms with van der Waals surface area (Å²) < 4.78 is 5.46. The molecule has 33 heavy (non-hydrogen) atoms. The molecule has 0 aliphatic rings. The molecule has 0 spiro atoms. The van der Waals surface area contributed by atoms with Gasteiger partial charge in [-0.05, 0) is 44.2 Å². The summed E-state index contributed by atoms with van der Waals surface area (Å²) in [6, 6.07) is 22.9. The Kier molecular flexibility index (Phi) is 7.43. The Balaban J connectivity index is 1.63. The smallest absolute Gasteiger partial charge is 0.173 e. The summed E-state index contributed by atoms with van der Waals surface area (Å²) in [6.45, 7) is 4.56. The fraction of sp³-hybridized carbons (Fsp3) is 0.148. The number of carbonyl (C=O) groups is 1. The lowest BCUT2D eigenvalue weighted by molar-refractivity contribution is 0.102. The predicted octanol–water partition coefficient (Wildman–Crippen LogP) is 7.15. The van der Waals surface area contributed by atoms with E-state index in [2.05, 4.69) is 0 Å². The molecule has 0 unspecified atom stereocenters. The molecule has 0 saturated heterocycles. The molecule has 1 heterocycles. The molecule has 0 saturated carbocycles. The third kappa shape index (κ3) is 5.62. The van der Waals surface area contributed by atoms with Crippen LogP contribution in [0.1, 0.15) is 22.8 Å². The van der Waals surface area contributed by atoms with Crippen molar-refractivity contribution >= 4 is 29.1 Å². The van der Waals surface area contributed by atoms with Crippen LogP contribution in [0, 0.1) is 6.92 Å². The minimum atomic E-state index is 0.00990. The summed E-state index contributed by atoms with van der Waals surface area (Å²) in [5.41, 5.74) is 4.99. The predicted molar refractivity (Wildman–Crippen MR) is 135 cm³/mol. The lowest BCUT2D eigenvalue weighted by atomic mass is 10.1. The molecule has 0 radical (unpaired) electrons. The number of hydrogen-bond acceptors (Lipinski definition) is 5. The number of aryl methyl sites for hydroxylation is 1. The summed E-state index contributed by atoms with van der Waals surface area (Å²) >= 11 is 7.82. The summed E-state index contributed by atoms with van der Waals surface area (Å²) in [5, 5.41) is 1.26. The number of rotatable bonds is 8. The normalized spacial score (nSPS) is 10.8. The molecule has 0 atom stereocenters. The number of thioether (sulfide) groups is 1. The standard InChI is InChI=1S/C27H23ClN2O2S/c1-3-32-21-14-12-20(13-15-21)25(31)17-33-27-26(22-6-4-5-7-23(22)28)29-16-24(30-27)19-10-8-18(2)9-11-19/h4-16H,3,17H2,1-2H3. The molecule has 3 aromatic carbocycles. The van der Waals surface area contributed by atoms with Gasteiger partial charge < -0.3 is 4.74 Å². The molecule has 4 nitrogen and oxygen atoms in total. The van der Waals surface area contributed by atoms with Gasteiger partial charge in [-0.15, -0.1) is 0 Å². The maximum Gasteiger partial charge on any atom is 0.173 e. The summed E-state index contributed by atoms with van der Waals surface area (Å²) in [7, 11) is 0. The van der Waals surface area contributed by atoms with Crippen molar-refractivity contribution in [2.45, 2.75) is 18.9 Å². The van der Waals surface area contributed by atoms with E-state index < -0.39 is 0 Å². The van der Waals surface area contributed by atoms with Crippen LogP contribution in [0.4, 0.5) is 0 Å². The Morgan fingerprint density at radius 3 is 2.42 bits per heavy atom. The van der Waals surface area contributed by atoms with E-state index in [1.54, 1.807) is 18.3 Å². The third-order valence-corrected chi connectivity index (χ3v) is 6.34. The highest BCUT2D eigenvalue weighted by molar-refractivity contribution is 8.00. The van der Waals surface area contributed by atoms with Gasteiger partial charge in [0.2, 0.25) is 0 Å². The fourth-order valence-electron chi connectivity index (χ4n) is 3.30. The zero-order chi connectivity index (χ0) is 23.2. The van der Waals surface area contributed by atoms with Gasteiger partial charge in [0.25, 0.3) is 0 Å². The highest BCUT2D eigenvalue weighted by Crippen LogP contribution is 2.34. The van der Waals surface area contributed by atoms with E-state index in [-0.39, 0.29) is 11.5 Å². The Morgan fingerprint density at radius 2 is 1.73 bits per heavy atom. The minimum Gasteiger partial charge on any atom is -0.494 e. The molecule has 0 bridgehead atoms. The zero-order valence-electron chi connectivity index (χ0n) is 18.4. The van der Waals surface area contributed by atoms with Gasteiger partial charge >= 0.3 is 0 Å². The average Bonchev–Trinajstić information content (AvgIpc) is 2.84. The largest absolute Gasteiger partial charge is 0.494 e. The van der Waals surface area contributed by atoms with Crippen LogP contribution in [0.15, 0.2) is 84.0 Å². The monoisotopic (exact) mass is 474 g/mol. The minimum absolute atomic E-state index is 0.00990. The first-order chi connectivity index (χ1) is 16.0. The second-order valence-electron chi connectivity index (χ2n) is 7.42. The first-order valence-corrected chi connectivity index (χ1v) is 12.0. The van der Waals surface area contributed by atoms with Gasteiger partial charge in [0.05, 0.1) is 29.3 Å². The van der Waals surface area contributed by atoms with E-state index in [1.807, 2.05) is 74.5 Å². The number of hydrogen-bond donors (Lipinski definition) is 0. The first-order valence-electron chi connectivity index (χ1n) is 10.6. The molecule has 4 aromatic rings. The van der Waals surface area contributed by atoms with E-state index in [9.17, 15) is 4.79 Å². The molecule has 0 aliphatic carbocycles. The van der Waals surface area contributed by atoms with Crippen LogP contribution in [-0.2, 0) is 0 Å². The number of nitrogens with zero attached hydrogens (tertiary/aromatic N) is 2. The number of carbonyl (C=O) groups excluding carboxylic acids is 1. The Morgan fingerprint density at radius 1 is 1.00 bits per heavy atom. The van der Waals surface area contributed by atoms with Gasteiger partial charge in [-0.25, -0.2) is 4.98 Å². The summed E-state index contributed by atoms with van der Waals surface area (Å²) in [4.78, 5) is 22.4. The molecular weight excluding hydrogens is 452 g/mol. The quantitative estimate of drug-likeness (QED) is 0.200. The number of benzene rings is 3. The van der Waals surface area contributed by atoms with E-state index >= 15 is 0 Å². The van der Waals surface area contributed by atoms with Gasteiger partial charge in [-0.3, -0.25) is 9.78 Å². The Labute approximate surface area is 203 Å². The number of aromatic nitrogens is 2. The van der Waals surface area contributed by atoms with Crippen molar-refractivity contribution in [3.63, 3.8) is 0 Å². The van der Waals surface area contributed by atoms with E-state index in [4.69, 9.17) is 26.3 Å². The van der Waals surface area contributed by atoms with E-state index in [1.165, 1.54) is 17.3 Å². The average molecular weight is 475 g/mol. The maximum absolute atomic E-state index is 12.9. The van der Waals surface area contributed by atoms with Crippen molar-refractivity contribution in [2.24, 2.45) is 0 Å². The summed E-state index contributed by atoms with van der Waals surface area (Å²) in [6.07, 6.45) is 1.75. The second-order valence-corrected chi connectivity index (χ2v) is 8.80. The molecule has 0 fully saturated rings. The molecule has 0 aliphatic heterocycles. The molecule has 4 rings (SSSR count). The van der Waals surface area contributed by atoms with Gasteiger partial charge in [-0.2, -0.15) is 0 Å². The molecule has 6 heteroatoms. The fourth-order valence-corrected chi connectivity index (χ4v) is 4.42. The van der Waals surface area contributed by atoms with Crippen molar-refractivity contribution in [1.29, 1.82) is 0 Å². The summed E-state index contributed by atoms with van der Waals surface area (Å²) in [5.74, 6) is 0.993. The maximum atomic E-state index is 12.9. The molecule has 166 valence electrons. The Hall–Kier alpha value is -3.15. The third-order valence-electron chi connectivity index (χ3n) is 5.04. The number of Topliss-reactive ketones (excluding diaryl/α,β-unsaturated/α-hetero) is 1. The van der Waals surface area contributed by atoms with Gasteiger partial charge in [-0.1, -0.05) is 71.4 Å². The number of ketones is 1. The van der Waals surface area contributed by atoms with Crippen molar-refractivity contribution in [3.8, 4) is 28.3 Å². The number of ether oxygens (including phenoxy) is 1. The first kappa shape index (κ1) is 23.0. The van der Waals surface area contributed by atoms with E-state index in [0.29, 0.717) is 27.9 Å². The van der Waals surface area contributed by atoms with Crippen molar-refractivity contribution < 1.29 is 9.53 Å². The molecule has 0 amide bonds. The zero-order valence-corrected chi connectivity index (χ0v) is 20.0. The SMILES string of the molecule is CCOc1ccc(C(=O)CSc2nc(-c3ccc(C)cc3)cnc2-c2ccccc2Cl)cc1. The van der Waals surface area contributed by atoms with Crippen molar-refractivity contribution in [1.82, 2.24) is 9.97 Å². The second kappa shape index (κ2) is 10.6. The van der Waals surface area contributed by atoms with Gasteiger partial charge in [0.1, 0.15) is 16.5 Å². The molecule has 0 N–H and O–H groups in total. The highest BCUT2D eigenvalue weighted by Gasteiger charge is 2.16. The van der Waals surface area contributed by atoms with Crippen molar-refractivity contribution in [2.75, 3.05) is 12.4 Å². The topological polar surface area (TPSA) is 52.1 Å². The number of halogens is 1. The van der Waals surface area contributed by atoms with Crippen LogP contribution in [0.25, 0.3) is 22.5 Å². The Bertz CT molecular complexity index is 1260. The lowest BCUT2D eigenvalue weighted by Crippen LogP contribution is -2.04. The van der Waals surface area contributed by atoms with Crippen LogP contribution in [0.5, 0.6) is 5.75 Å². The van der Waals surface area contributed by atoms with Crippen LogP contribution in [-0.4, -0.2) is 28.1 Å². The van der Waals surface area contributed by atoms with E-state index in [0.717, 1.165) is 22.6 Å². The molecule has 1 aromatic heterocycles.